The van der Waals surface area contributed by atoms with E-state index < -0.39 is 10.0 Å². The van der Waals surface area contributed by atoms with Gasteiger partial charge in [0.15, 0.2) is 5.82 Å². The lowest BCUT2D eigenvalue weighted by atomic mass is 10.2. The number of nitrogens with two attached hydrogens (primary N) is 1. The van der Waals surface area contributed by atoms with E-state index in [1.807, 2.05) is 20.8 Å². The van der Waals surface area contributed by atoms with E-state index in [0.717, 1.165) is 29.0 Å². The monoisotopic (exact) mass is 425 g/mol. The fourth-order valence-corrected chi connectivity index (χ4v) is 5.20. The second kappa shape index (κ2) is 9.38. The van der Waals surface area contributed by atoms with Crippen molar-refractivity contribution in [2.45, 2.75) is 46.8 Å². The SMILES string of the molecule is CCOCc1nc2c(N)nc(C)c(C)c2n1CCOCCCN1CCCS1(=O)=O. The predicted octanol–water partition coefficient (Wildman–Crippen LogP) is 1.61. The fourth-order valence-electron chi connectivity index (χ4n) is 3.63. The third-order valence-corrected chi connectivity index (χ3v) is 7.23. The van der Waals surface area contributed by atoms with Gasteiger partial charge in [-0.2, -0.15) is 0 Å². The third-order valence-electron chi connectivity index (χ3n) is 5.27. The number of aryl methyl sites for hydroxylation is 2. The Morgan fingerprint density at radius 1 is 1.14 bits per heavy atom. The Hall–Kier alpha value is -1.75. The second-order valence-corrected chi connectivity index (χ2v) is 9.34. The van der Waals surface area contributed by atoms with Gasteiger partial charge in [0.1, 0.15) is 17.9 Å². The number of hydrogen-bond donors (Lipinski definition) is 1. The zero-order valence-corrected chi connectivity index (χ0v) is 18.3. The molecule has 1 aliphatic rings. The van der Waals surface area contributed by atoms with Gasteiger partial charge in [0.05, 0.1) is 17.9 Å². The van der Waals surface area contributed by atoms with Gasteiger partial charge >= 0.3 is 0 Å². The first-order chi connectivity index (χ1) is 13.8. The summed E-state index contributed by atoms with van der Waals surface area (Å²) in [6.07, 6.45) is 1.40. The van der Waals surface area contributed by atoms with E-state index in [-0.39, 0.29) is 5.75 Å². The number of rotatable bonds is 10. The number of imidazole rings is 1. The van der Waals surface area contributed by atoms with Crippen LogP contribution in [0.3, 0.4) is 0 Å². The molecule has 0 saturated carbocycles. The minimum atomic E-state index is -3.03. The van der Waals surface area contributed by atoms with Crippen LogP contribution in [0.25, 0.3) is 11.0 Å². The molecule has 2 aromatic rings. The average Bonchev–Trinajstić information content (AvgIpc) is 3.21. The summed E-state index contributed by atoms with van der Waals surface area (Å²) in [5.74, 6) is 1.49. The molecule has 0 bridgehead atoms. The van der Waals surface area contributed by atoms with Gasteiger partial charge in [0, 0.05) is 38.5 Å². The van der Waals surface area contributed by atoms with Gasteiger partial charge in [-0.25, -0.2) is 22.7 Å². The molecule has 0 radical (unpaired) electrons. The summed E-state index contributed by atoms with van der Waals surface area (Å²) in [6, 6.07) is 0. The number of aromatic nitrogens is 3. The van der Waals surface area contributed by atoms with Gasteiger partial charge in [0.25, 0.3) is 0 Å². The van der Waals surface area contributed by atoms with Crippen molar-refractivity contribution in [3.63, 3.8) is 0 Å². The van der Waals surface area contributed by atoms with E-state index in [1.165, 1.54) is 0 Å². The first-order valence-corrected chi connectivity index (χ1v) is 11.7. The Bertz CT molecular complexity index is 957. The molecule has 0 atom stereocenters. The Balaban J connectivity index is 1.62. The number of fused-ring (bicyclic) bond motifs is 1. The molecular formula is C19H31N5O4S. The Labute approximate surface area is 172 Å². The number of nitrogen functional groups attached to an aromatic ring is 1. The molecule has 2 N–H and O–H groups in total. The van der Waals surface area contributed by atoms with E-state index >= 15 is 0 Å². The Kier molecular flexibility index (Phi) is 7.10. The molecule has 0 aromatic carbocycles. The number of sulfonamides is 1. The fraction of sp³-hybridized carbons (Fsp3) is 0.684. The van der Waals surface area contributed by atoms with Crippen molar-refractivity contribution >= 4 is 26.9 Å². The summed E-state index contributed by atoms with van der Waals surface area (Å²) in [5, 5.41) is 0. The van der Waals surface area contributed by atoms with Crippen molar-refractivity contribution in [2.24, 2.45) is 0 Å². The highest BCUT2D eigenvalue weighted by Crippen LogP contribution is 2.26. The van der Waals surface area contributed by atoms with Crippen molar-refractivity contribution in [2.75, 3.05) is 44.4 Å². The number of hydrogen-bond acceptors (Lipinski definition) is 7. The molecule has 0 amide bonds. The van der Waals surface area contributed by atoms with E-state index in [1.54, 1.807) is 4.31 Å². The largest absolute Gasteiger partial charge is 0.382 e. The molecule has 3 rings (SSSR count). The highest BCUT2D eigenvalue weighted by Gasteiger charge is 2.27. The normalized spacial score (nSPS) is 16.8. The maximum absolute atomic E-state index is 11.8. The lowest BCUT2D eigenvalue weighted by Crippen LogP contribution is -2.27. The number of pyridine rings is 1. The third kappa shape index (κ3) is 4.88. The summed E-state index contributed by atoms with van der Waals surface area (Å²) in [7, 11) is -3.03. The molecule has 1 fully saturated rings. The van der Waals surface area contributed by atoms with Crippen LogP contribution in [0, 0.1) is 13.8 Å². The molecule has 0 spiro atoms. The molecule has 3 heterocycles. The van der Waals surface area contributed by atoms with Crippen LogP contribution in [0.5, 0.6) is 0 Å². The van der Waals surface area contributed by atoms with Crippen LogP contribution in [0.1, 0.15) is 36.8 Å². The van der Waals surface area contributed by atoms with Crippen molar-refractivity contribution in [1.29, 1.82) is 0 Å². The molecule has 9 nitrogen and oxygen atoms in total. The molecule has 162 valence electrons. The van der Waals surface area contributed by atoms with Crippen molar-refractivity contribution in [3.05, 3.63) is 17.1 Å². The van der Waals surface area contributed by atoms with Gasteiger partial charge in [-0.3, -0.25) is 0 Å². The highest BCUT2D eigenvalue weighted by molar-refractivity contribution is 7.89. The smallest absolute Gasteiger partial charge is 0.214 e. The van der Waals surface area contributed by atoms with Crippen LogP contribution in [-0.2, 0) is 32.6 Å². The van der Waals surface area contributed by atoms with E-state index in [0.29, 0.717) is 63.8 Å². The van der Waals surface area contributed by atoms with Gasteiger partial charge in [0.2, 0.25) is 10.0 Å². The molecule has 0 aliphatic carbocycles. The summed E-state index contributed by atoms with van der Waals surface area (Å²) >= 11 is 0. The van der Waals surface area contributed by atoms with E-state index in [4.69, 9.17) is 15.2 Å². The maximum Gasteiger partial charge on any atom is 0.214 e. The van der Waals surface area contributed by atoms with Gasteiger partial charge in [-0.15, -0.1) is 0 Å². The molecule has 10 heteroatoms. The van der Waals surface area contributed by atoms with Crippen molar-refractivity contribution in [1.82, 2.24) is 18.8 Å². The van der Waals surface area contributed by atoms with Gasteiger partial charge < -0.3 is 19.8 Å². The topological polar surface area (TPSA) is 113 Å². The minimum Gasteiger partial charge on any atom is -0.382 e. The summed E-state index contributed by atoms with van der Waals surface area (Å²) in [6.45, 7) is 9.68. The Morgan fingerprint density at radius 3 is 2.62 bits per heavy atom. The molecule has 29 heavy (non-hydrogen) atoms. The maximum atomic E-state index is 11.8. The first kappa shape index (κ1) is 21.9. The van der Waals surface area contributed by atoms with E-state index in [9.17, 15) is 8.42 Å². The van der Waals surface area contributed by atoms with Crippen LogP contribution in [-0.4, -0.2) is 65.9 Å². The van der Waals surface area contributed by atoms with Gasteiger partial charge in [-0.05, 0) is 39.2 Å². The van der Waals surface area contributed by atoms with Crippen molar-refractivity contribution in [3.8, 4) is 0 Å². The lowest BCUT2D eigenvalue weighted by Gasteiger charge is -2.15. The average molecular weight is 426 g/mol. The standard InChI is InChI=1S/C19H31N5O4S/c1-4-27-13-16-22-17-18(14(2)15(3)21-19(17)20)24(16)9-11-28-10-5-7-23-8-6-12-29(23,25)26/h4-13H2,1-3H3,(H2,20,21). The Morgan fingerprint density at radius 2 is 1.93 bits per heavy atom. The summed E-state index contributed by atoms with van der Waals surface area (Å²) in [4.78, 5) is 9.04. The van der Waals surface area contributed by atoms with E-state index in [2.05, 4.69) is 14.5 Å². The highest BCUT2D eigenvalue weighted by atomic mass is 32.2. The molecular weight excluding hydrogens is 394 g/mol. The molecule has 1 aliphatic heterocycles. The quantitative estimate of drug-likeness (QED) is 0.575. The second-order valence-electron chi connectivity index (χ2n) is 7.26. The summed E-state index contributed by atoms with van der Waals surface area (Å²) < 4.78 is 38.6. The summed E-state index contributed by atoms with van der Waals surface area (Å²) in [5.41, 5.74) is 9.69. The van der Waals surface area contributed by atoms with Gasteiger partial charge in [-0.1, -0.05) is 0 Å². The molecule has 1 saturated heterocycles. The van der Waals surface area contributed by atoms with Crippen LogP contribution in [0.15, 0.2) is 0 Å². The number of ether oxygens (including phenoxy) is 2. The zero-order chi connectivity index (χ0) is 21.0. The predicted molar refractivity (Wildman–Crippen MR) is 112 cm³/mol. The first-order valence-electron chi connectivity index (χ1n) is 10.1. The molecule has 2 aromatic heterocycles. The van der Waals surface area contributed by atoms with Crippen LogP contribution < -0.4 is 5.73 Å². The van der Waals surface area contributed by atoms with Crippen molar-refractivity contribution < 1.29 is 17.9 Å². The number of anilines is 1. The minimum absolute atomic E-state index is 0.265. The number of nitrogens with zero attached hydrogens (tertiary/aromatic N) is 4. The van der Waals surface area contributed by atoms with Crippen LogP contribution in [0.2, 0.25) is 0 Å². The lowest BCUT2D eigenvalue weighted by molar-refractivity contribution is 0.110. The van der Waals surface area contributed by atoms with Crippen LogP contribution in [0.4, 0.5) is 5.82 Å². The zero-order valence-electron chi connectivity index (χ0n) is 17.5. The molecule has 0 unspecified atom stereocenters. The van der Waals surface area contributed by atoms with Crippen LogP contribution >= 0.6 is 0 Å².